The number of benzene rings is 2. The molecule has 0 saturated carbocycles. The molecule has 0 aliphatic carbocycles. The highest BCUT2D eigenvalue weighted by Gasteiger charge is 2.29. The molecule has 0 atom stereocenters. The average molecular weight is 373 g/mol. The van der Waals surface area contributed by atoms with E-state index in [1.807, 2.05) is 0 Å². The molecule has 6 nitrogen and oxygen atoms in total. The minimum Gasteiger partial charge on any atom is -0.362 e. The second-order valence-corrected chi connectivity index (χ2v) is 6.79. The zero-order valence-electron chi connectivity index (χ0n) is 14.5. The molecule has 1 amide bonds. The quantitative estimate of drug-likeness (QED) is 0.612. The number of nitrogens with zero attached hydrogens (tertiary/aromatic N) is 3. The summed E-state index contributed by atoms with van der Waals surface area (Å²) < 4.78 is 27.1. The third-order valence-electron chi connectivity index (χ3n) is 5.13. The number of rotatable bonds is 3. The largest absolute Gasteiger partial charge is 0.362 e. The van der Waals surface area contributed by atoms with Gasteiger partial charge in [0.2, 0.25) is 5.91 Å². The van der Waals surface area contributed by atoms with E-state index in [4.69, 9.17) is 0 Å². The maximum Gasteiger partial charge on any atom is 0.269 e. The van der Waals surface area contributed by atoms with Crippen molar-refractivity contribution in [1.29, 1.82) is 0 Å². The van der Waals surface area contributed by atoms with Gasteiger partial charge in [0.25, 0.3) is 5.69 Å². The molecule has 2 aliphatic heterocycles. The maximum absolute atomic E-state index is 13.7. The number of fused-ring (bicyclic) bond motifs is 2. The number of non-ortho nitro benzene ring substituents is 1. The number of hydrogen-bond donors (Lipinski definition) is 0. The first-order valence-corrected chi connectivity index (χ1v) is 8.74. The second kappa shape index (κ2) is 6.61. The van der Waals surface area contributed by atoms with Crippen LogP contribution in [0.2, 0.25) is 0 Å². The van der Waals surface area contributed by atoms with Crippen LogP contribution in [0.1, 0.15) is 17.5 Å². The highest BCUT2D eigenvalue weighted by Crippen LogP contribution is 2.33. The fraction of sp³-hybridized carbons (Fsp3) is 0.316. The molecule has 0 bridgehead atoms. The van der Waals surface area contributed by atoms with Gasteiger partial charge in [0.1, 0.15) is 0 Å². The van der Waals surface area contributed by atoms with E-state index in [0.29, 0.717) is 42.9 Å². The summed E-state index contributed by atoms with van der Waals surface area (Å²) in [6.07, 6.45) is 1.96. The van der Waals surface area contributed by atoms with Gasteiger partial charge in [-0.15, -0.1) is 0 Å². The van der Waals surface area contributed by atoms with Crippen LogP contribution >= 0.6 is 0 Å². The highest BCUT2D eigenvalue weighted by atomic mass is 19.2. The van der Waals surface area contributed by atoms with Crippen LogP contribution in [0, 0.1) is 21.7 Å². The predicted octanol–water partition coefficient (Wildman–Crippen LogP) is 3.21. The van der Waals surface area contributed by atoms with Crippen molar-refractivity contribution in [3.8, 4) is 0 Å². The van der Waals surface area contributed by atoms with Gasteiger partial charge in [0, 0.05) is 42.7 Å². The van der Waals surface area contributed by atoms with E-state index in [2.05, 4.69) is 0 Å². The van der Waals surface area contributed by atoms with Gasteiger partial charge in [-0.25, -0.2) is 8.78 Å². The molecule has 27 heavy (non-hydrogen) atoms. The van der Waals surface area contributed by atoms with E-state index in [0.717, 1.165) is 18.1 Å². The van der Waals surface area contributed by atoms with Crippen LogP contribution in [0.3, 0.4) is 0 Å². The van der Waals surface area contributed by atoms with Gasteiger partial charge in [-0.2, -0.15) is 0 Å². The van der Waals surface area contributed by atoms with Crippen LogP contribution in [-0.2, 0) is 17.6 Å². The number of carbonyl (C=O) groups is 1. The normalized spacial score (nSPS) is 15.5. The Hall–Kier alpha value is -3.03. The Labute approximate surface area is 154 Å². The lowest BCUT2D eigenvalue weighted by Crippen LogP contribution is -2.41. The lowest BCUT2D eigenvalue weighted by atomic mass is 10.0. The van der Waals surface area contributed by atoms with Crippen LogP contribution in [-0.4, -0.2) is 30.5 Å². The standard InChI is InChI=1S/C19H17F2N3O3/c20-15-9-12-2-1-6-22(18(12)10-16(15)21)11-19(25)23-7-5-13-8-14(24(26)27)3-4-17(13)23/h3-4,8-10H,1-2,5-7,11H2. The second-order valence-electron chi connectivity index (χ2n) is 6.79. The van der Waals surface area contributed by atoms with Crippen molar-refractivity contribution in [2.45, 2.75) is 19.3 Å². The highest BCUT2D eigenvalue weighted by molar-refractivity contribution is 5.98. The minimum absolute atomic E-state index is 0.00510. The molecule has 2 aromatic carbocycles. The molecule has 2 heterocycles. The van der Waals surface area contributed by atoms with Crippen LogP contribution in [0.25, 0.3) is 0 Å². The number of halogens is 2. The first kappa shape index (κ1) is 17.4. The van der Waals surface area contributed by atoms with Crippen LogP contribution < -0.4 is 9.80 Å². The van der Waals surface area contributed by atoms with E-state index in [-0.39, 0.29) is 18.1 Å². The molecule has 0 spiro atoms. The van der Waals surface area contributed by atoms with E-state index in [9.17, 15) is 23.7 Å². The van der Waals surface area contributed by atoms with Crippen LogP contribution in [0.5, 0.6) is 0 Å². The summed E-state index contributed by atoms with van der Waals surface area (Å²) in [7, 11) is 0. The van der Waals surface area contributed by atoms with E-state index in [1.54, 1.807) is 15.9 Å². The molecular weight excluding hydrogens is 356 g/mol. The predicted molar refractivity (Wildman–Crippen MR) is 96.0 cm³/mol. The summed E-state index contributed by atoms with van der Waals surface area (Å²) in [4.78, 5) is 26.7. The molecule has 0 aromatic heterocycles. The number of hydrogen-bond acceptors (Lipinski definition) is 4. The zero-order chi connectivity index (χ0) is 19.1. The summed E-state index contributed by atoms with van der Waals surface area (Å²) in [5.74, 6) is -1.97. The molecule has 2 aromatic rings. The van der Waals surface area contributed by atoms with Gasteiger partial charge in [-0.3, -0.25) is 14.9 Å². The third-order valence-corrected chi connectivity index (χ3v) is 5.13. The lowest BCUT2D eigenvalue weighted by Gasteiger charge is -2.32. The van der Waals surface area contributed by atoms with Crippen LogP contribution in [0.4, 0.5) is 25.8 Å². The van der Waals surface area contributed by atoms with Crippen molar-refractivity contribution in [2.75, 3.05) is 29.4 Å². The van der Waals surface area contributed by atoms with E-state index < -0.39 is 16.6 Å². The monoisotopic (exact) mass is 373 g/mol. The van der Waals surface area contributed by atoms with Crippen molar-refractivity contribution >= 4 is 23.0 Å². The third kappa shape index (κ3) is 3.11. The molecule has 0 saturated heterocycles. The molecule has 140 valence electrons. The number of anilines is 2. The van der Waals surface area contributed by atoms with Crippen molar-refractivity contribution in [2.24, 2.45) is 0 Å². The SMILES string of the molecule is O=C(CN1CCCc2cc(F)c(F)cc21)N1CCc2cc([N+](=O)[O-])ccc21. The van der Waals surface area contributed by atoms with E-state index >= 15 is 0 Å². The van der Waals surface area contributed by atoms with E-state index in [1.165, 1.54) is 18.2 Å². The molecule has 2 aliphatic rings. The Morgan fingerprint density at radius 3 is 2.56 bits per heavy atom. The van der Waals surface area contributed by atoms with Gasteiger partial charge in [-0.05, 0) is 42.5 Å². The fourth-order valence-electron chi connectivity index (χ4n) is 3.83. The summed E-state index contributed by atoms with van der Waals surface area (Å²) in [5, 5.41) is 10.9. The van der Waals surface area contributed by atoms with Gasteiger partial charge < -0.3 is 9.80 Å². The number of nitro benzene ring substituents is 1. The first-order chi connectivity index (χ1) is 12.9. The first-order valence-electron chi connectivity index (χ1n) is 8.74. The van der Waals surface area contributed by atoms with Gasteiger partial charge in [-0.1, -0.05) is 0 Å². The smallest absolute Gasteiger partial charge is 0.269 e. The molecule has 0 unspecified atom stereocenters. The van der Waals surface area contributed by atoms with Crippen molar-refractivity contribution < 1.29 is 18.5 Å². The van der Waals surface area contributed by atoms with Crippen LogP contribution in [0.15, 0.2) is 30.3 Å². The molecular formula is C19H17F2N3O3. The topological polar surface area (TPSA) is 66.7 Å². The number of aryl methyl sites for hydroxylation is 1. The number of amides is 1. The van der Waals surface area contributed by atoms with Crippen molar-refractivity contribution in [1.82, 2.24) is 0 Å². The fourth-order valence-corrected chi connectivity index (χ4v) is 3.83. The Morgan fingerprint density at radius 2 is 1.78 bits per heavy atom. The average Bonchev–Trinajstić information content (AvgIpc) is 3.06. The van der Waals surface area contributed by atoms with Crippen molar-refractivity contribution in [3.05, 3.63) is 63.2 Å². The molecule has 4 rings (SSSR count). The van der Waals surface area contributed by atoms with Gasteiger partial charge in [0.05, 0.1) is 11.5 Å². The summed E-state index contributed by atoms with van der Waals surface area (Å²) in [6, 6.07) is 6.83. The molecule has 0 radical (unpaired) electrons. The Kier molecular flexibility index (Phi) is 4.25. The lowest BCUT2D eigenvalue weighted by molar-refractivity contribution is -0.384. The van der Waals surface area contributed by atoms with Gasteiger partial charge >= 0.3 is 0 Å². The summed E-state index contributed by atoms with van der Waals surface area (Å²) in [6.45, 7) is 1.09. The van der Waals surface area contributed by atoms with Crippen molar-refractivity contribution in [3.63, 3.8) is 0 Å². The summed E-state index contributed by atoms with van der Waals surface area (Å²) >= 11 is 0. The zero-order valence-corrected chi connectivity index (χ0v) is 14.5. The summed E-state index contributed by atoms with van der Waals surface area (Å²) in [5.41, 5.74) is 2.70. The molecule has 0 fully saturated rings. The molecule has 0 N–H and O–H groups in total. The minimum atomic E-state index is -0.924. The number of carbonyl (C=O) groups excluding carboxylic acids is 1. The maximum atomic E-state index is 13.7. The van der Waals surface area contributed by atoms with Gasteiger partial charge in [0.15, 0.2) is 11.6 Å². The number of nitro groups is 1. The Bertz CT molecular complexity index is 948. The molecule has 8 heteroatoms. The Morgan fingerprint density at radius 1 is 1.04 bits per heavy atom. The Balaban J connectivity index is 1.56.